The SMILES string of the molecule is CC[C@@H]1OC(=O)[C@H](C)C(=O)[C@H](C)[C@@H](O[C@@H]2O[C@H](C)C[C@H](N(C)C)[C@H]2O)[C@@]2(C)C[C@@H](C)C(=NC(C)=O)C[C@H](OC/C(=N/OCc3ccc(-n4cccn4)cc3)CO2)[C@]1(C)O. The molecule has 1 amide bonds. The summed E-state index contributed by atoms with van der Waals surface area (Å²) in [6.07, 6.45) is -1.46. The fourth-order valence-electron chi connectivity index (χ4n) is 8.39. The van der Waals surface area contributed by atoms with Gasteiger partial charge in [-0.25, -0.2) is 9.67 Å². The summed E-state index contributed by atoms with van der Waals surface area (Å²) in [6, 6.07) is 9.17. The minimum atomic E-state index is -1.82. The second kappa shape index (κ2) is 19.7. The van der Waals surface area contributed by atoms with Gasteiger partial charge in [0.05, 0.1) is 42.8 Å². The number of Topliss-reactive ketones (excluding diaryl/α,β-unsaturated/α-hetero) is 1. The van der Waals surface area contributed by atoms with Gasteiger partial charge in [-0.2, -0.15) is 5.10 Å². The lowest BCUT2D eigenvalue weighted by Crippen LogP contribution is -2.59. The van der Waals surface area contributed by atoms with E-state index in [0.717, 1.165) is 11.3 Å². The lowest BCUT2D eigenvalue weighted by atomic mass is 9.76. The Morgan fingerprint density at radius 2 is 1.81 bits per heavy atom. The molecule has 3 aliphatic rings. The molecule has 59 heavy (non-hydrogen) atoms. The summed E-state index contributed by atoms with van der Waals surface area (Å²) in [6.45, 7) is 13.1. The number of ketones is 1. The lowest BCUT2D eigenvalue weighted by molar-refractivity contribution is -0.296. The van der Waals surface area contributed by atoms with E-state index in [1.165, 1.54) is 20.8 Å². The Morgan fingerprint density at radius 3 is 2.44 bits per heavy atom. The van der Waals surface area contributed by atoms with E-state index in [-0.39, 0.29) is 51.2 Å². The molecule has 5 rings (SSSR count). The van der Waals surface area contributed by atoms with E-state index in [2.05, 4.69) is 15.2 Å². The van der Waals surface area contributed by atoms with Crippen LogP contribution in [0.25, 0.3) is 5.69 Å². The Hall–Kier alpha value is -3.90. The molecule has 0 unspecified atom stereocenters. The Kier molecular flexibility index (Phi) is 15.4. The number of aromatic nitrogens is 2. The number of fused-ring (bicyclic) bond motifs is 5. The van der Waals surface area contributed by atoms with Crippen LogP contribution in [-0.4, -0.2) is 135 Å². The van der Waals surface area contributed by atoms with Crippen molar-refractivity contribution < 1.29 is 53.1 Å². The molecule has 4 heterocycles. The molecule has 0 spiro atoms. The van der Waals surface area contributed by atoms with Crippen LogP contribution in [-0.2, 0) is 49.5 Å². The minimum Gasteiger partial charge on any atom is -0.459 e. The zero-order chi connectivity index (χ0) is 43.2. The van der Waals surface area contributed by atoms with Crippen molar-refractivity contribution >= 4 is 29.1 Å². The smallest absolute Gasteiger partial charge is 0.316 e. The van der Waals surface area contributed by atoms with Crippen LogP contribution in [0.5, 0.6) is 0 Å². The normalized spacial score (nSPS) is 36.8. The van der Waals surface area contributed by atoms with Crippen LogP contribution in [0.4, 0.5) is 0 Å². The predicted octanol–water partition coefficient (Wildman–Crippen LogP) is 4.06. The van der Waals surface area contributed by atoms with E-state index in [1.54, 1.807) is 31.6 Å². The zero-order valence-electron chi connectivity index (χ0n) is 36.1. The number of esters is 1. The van der Waals surface area contributed by atoms with Gasteiger partial charge in [0.15, 0.2) is 12.1 Å². The van der Waals surface area contributed by atoms with Crippen molar-refractivity contribution in [3.05, 3.63) is 48.3 Å². The summed E-state index contributed by atoms with van der Waals surface area (Å²) in [5.74, 6) is -4.54. The quantitative estimate of drug-likeness (QED) is 0.220. The molecule has 3 saturated heterocycles. The standard InChI is InChI=1S/C43H63N5O11/c1-11-35-43(8,53)36-20-33(45-29(6)49)25(2)21-42(7,55-24-31(23-54-36)46-56-22-30-13-15-32(16-14-30)48-18-12-17-44-48)39(27(4)37(50)28(5)40(52)58-35)59-41-38(51)34(47(9)10)19-26(3)57-41/h12-18,25-28,34-36,38-39,41,51,53H,11,19-24H2,1-10H3/b45-33?,46-31-/t25-,26-,27+,28-,34+,35+,36+,38-,39-,41+,42-,43-/m1/s1. The molecule has 16 heteroatoms. The number of carbonyl (C=O) groups is 3. The summed E-state index contributed by atoms with van der Waals surface area (Å²) in [5, 5.41) is 32.6. The summed E-state index contributed by atoms with van der Waals surface area (Å²) in [7, 11) is 3.73. The van der Waals surface area contributed by atoms with E-state index in [4.69, 9.17) is 28.5 Å². The number of nitrogens with zero attached hydrogens (tertiary/aromatic N) is 5. The minimum absolute atomic E-state index is 0.0172. The van der Waals surface area contributed by atoms with Crippen molar-refractivity contribution in [1.82, 2.24) is 14.7 Å². The third-order valence-electron chi connectivity index (χ3n) is 11.9. The van der Waals surface area contributed by atoms with Gasteiger partial charge in [-0.15, -0.1) is 0 Å². The number of hydrogen-bond donors (Lipinski definition) is 2. The first-order valence-electron chi connectivity index (χ1n) is 20.6. The number of oxime groups is 1. The molecule has 0 aliphatic carbocycles. The molecule has 2 N–H and O–H groups in total. The number of aliphatic imine (C=N–C) groups is 1. The van der Waals surface area contributed by atoms with Crippen molar-refractivity contribution in [1.29, 1.82) is 0 Å². The lowest BCUT2D eigenvalue weighted by Gasteiger charge is -2.47. The first-order chi connectivity index (χ1) is 27.8. The molecule has 3 fully saturated rings. The van der Waals surface area contributed by atoms with Gasteiger partial charge in [-0.3, -0.25) is 14.4 Å². The molecular formula is C43H63N5O11. The summed E-state index contributed by atoms with van der Waals surface area (Å²) in [5.41, 5.74) is -0.759. The van der Waals surface area contributed by atoms with Gasteiger partial charge in [-0.1, -0.05) is 38.1 Å². The first kappa shape index (κ1) is 46.2. The molecule has 326 valence electrons. The van der Waals surface area contributed by atoms with Gasteiger partial charge in [0, 0.05) is 43.4 Å². The van der Waals surface area contributed by atoms with E-state index < -0.39 is 77.3 Å². The first-order valence-corrected chi connectivity index (χ1v) is 20.6. The van der Waals surface area contributed by atoms with Crippen LogP contribution in [0.1, 0.15) is 86.6 Å². The third-order valence-corrected chi connectivity index (χ3v) is 11.9. The number of cyclic esters (lactones) is 1. The average Bonchev–Trinajstić information content (AvgIpc) is 3.73. The van der Waals surface area contributed by atoms with E-state index in [1.807, 2.05) is 69.4 Å². The Labute approximate surface area is 347 Å². The highest BCUT2D eigenvalue weighted by molar-refractivity contribution is 6.00. The van der Waals surface area contributed by atoms with Crippen molar-refractivity contribution in [2.24, 2.45) is 27.9 Å². The van der Waals surface area contributed by atoms with E-state index in [9.17, 15) is 24.6 Å². The van der Waals surface area contributed by atoms with E-state index in [0.29, 0.717) is 17.8 Å². The summed E-state index contributed by atoms with van der Waals surface area (Å²) < 4.78 is 34.0. The average molecular weight is 826 g/mol. The topological polar surface area (TPSA) is 193 Å². The number of hydrogen-bond acceptors (Lipinski definition) is 14. The highest BCUT2D eigenvalue weighted by Crippen LogP contribution is 2.39. The van der Waals surface area contributed by atoms with Crippen LogP contribution in [0, 0.1) is 17.8 Å². The number of ether oxygens (including phenoxy) is 5. The van der Waals surface area contributed by atoms with Crippen LogP contribution >= 0.6 is 0 Å². The van der Waals surface area contributed by atoms with E-state index >= 15 is 0 Å². The van der Waals surface area contributed by atoms with Gasteiger partial charge in [-0.05, 0) is 90.7 Å². The predicted molar refractivity (Wildman–Crippen MR) is 218 cm³/mol. The number of aliphatic hydroxyl groups excluding tert-OH is 1. The maximum atomic E-state index is 14.5. The van der Waals surface area contributed by atoms with Crippen molar-refractivity contribution in [3.8, 4) is 5.69 Å². The fraction of sp³-hybridized carbons (Fsp3) is 0.674. The zero-order valence-corrected chi connectivity index (χ0v) is 36.1. The molecule has 0 saturated carbocycles. The second-order valence-corrected chi connectivity index (χ2v) is 17.0. The van der Waals surface area contributed by atoms with Crippen LogP contribution < -0.4 is 0 Å². The summed E-state index contributed by atoms with van der Waals surface area (Å²) >= 11 is 0. The van der Waals surface area contributed by atoms with Gasteiger partial charge in [0.1, 0.15) is 36.0 Å². The van der Waals surface area contributed by atoms with Gasteiger partial charge >= 0.3 is 5.97 Å². The maximum absolute atomic E-state index is 14.5. The van der Waals surface area contributed by atoms with Crippen LogP contribution in [0.3, 0.4) is 0 Å². The molecule has 2 bridgehead atoms. The molecule has 3 aliphatic heterocycles. The monoisotopic (exact) mass is 825 g/mol. The molecule has 16 nitrogen and oxygen atoms in total. The maximum Gasteiger partial charge on any atom is 0.316 e. The van der Waals surface area contributed by atoms with Gasteiger partial charge in [0.25, 0.3) is 0 Å². The van der Waals surface area contributed by atoms with Crippen LogP contribution in [0.15, 0.2) is 52.9 Å². The number of aliphatic hydroxyl groups is 2. The molecule has 2 aromatic rings. The fourth-order valence-corrected chi connectivity index (χ4v) is 8.39. The highest BCUT2D eigenvalue weighted by Gasteiger charge is 2.51. The van der Waals surface area contributed by atoms with Crippen molar-refractivity contribution in [2.45, 2.75) is 142 Å². The Bertz CT molecular complexity index is 1800. The Balaban J connectivity index is 1.60. The number of likely N-dealkylation sites (N-methyl/N-ethyl adjacent to an activating group) is 1. The van der Waals surface area contributed by atoms with Crippen molar-refractivity contribution in [3.63, 3.8) is 0 Å². The molecule has 1 aromatic carbocycles. The number of rotatable bonds is 8. The Morgan fingerprint density at radius 1 is 1.10 bits per heavy atom. The number of benzene rings is 1. The van der Waals surface area contributed by atoms with Gasteiger partial charge in [0.2, 0.25) is 5.91 Å². The van der Waals surface area contributed by atoms with Gasteiger partial charge < -0.3 is 43.6 Å². The molecular weight excluding hydrogens is 762 g/mol. The molecule has 1 aromatic heterocycles. The third kappa shape index (κ3) is 11.1. The largest absolute Gasteiger partial charge is 0.459 e. The van der Waals surface area contributed by atoms with Crippen LogP contribution in [0.2, 0.25) is 0 Å². The number of amides is 1. The number of carbonyl (C=O) groups excluding carboxylic acids is 3. The van der Waals surface area contributed by atoms with Crippen molar-refractivity contribution in [2.75, 3.05) is 27.3 Å². The summed E-state index contributed by atoms with van der Waals surface area (Å²) in [4.78, 5) is 53.2. The molecule has 12 atom stereocenters. The highest BCUT2D eigenvalue weighted by atomic mass is 16.7. The second-order valence-electron chi connectivity index (χ2n) is 17.0. The molecule has 0 radical (unpaired) electrons.